The van der Waals surface area contributed by atoms with Crippen molar-refractivity contribution in [3.63, 3.8) is 0 Å². The molecule has 9 heteroatoms. The molecule has 0 aliphatic carbocycles. The number of carbonyl (C=O) groups is 1. The van der Waals surface area contributed by atoms with E-state index in [2.05, 4.69) is 11.6 Å². The van der Waals surface area contributed by atoms with Gasteiger partial charge in [0.25, 0.3) is 5.56 Å². The molecule has 204 valence electrons. The highest BCUT2D eigenvalue weighted by molar-refractivity contribution is 7.07. The van der Waals surface area contributed by atoms with Gasteiger partial charge in [0.05, 0.1) is 41.7 Å². The lowest BCUT2D eigenvalue weighted by Gasteiger charge is -2.25. The number of ether oxygens (including phenoxy) is 4. The maximum absolute atomic E-state index is 13.9. The first-order valence-electron chi connectivity index (χ1n) is 12.8. The van der Waals surface area contributed by atoms with Crippen molar-refractivity contribution in [3.8, 4) is 17.2 Å². The number of fused-ring (bicyclic) bond motifs is 1. The Morgan fingerprint density at radius 1 is 1.05 bits per heavy atom. The average molecular weight is 549 g/mol. The van der Waals surface area contributed by atoms with E-state index in [1.54, 1.807) is 36.6 Å². The van der Waals surface area contributed by atoms with Gasteiger partial charge in [-0.1, -0.05) is 42.2 Å². The minimum atomic E-state index is -0.750. The van der Waals surface area contributed by atoms with Gasteiger partial charge >= 0.3 is 5.97 Å². The normalized spacial score (nSPS) is 14.9. The fraction of sp³-hybridized carbons (Fsp3) is 0.300. The summed E-state index contributed by atoms with van der Waals surface area (Å²) in [5.41, 5.74) is 2.04. The zero-order valence-electron chi connectivity index (χ0n) is 22.6. The van der Waals surface area contributed by atoms with Crippen LogP contribution in [0.2, 0.25) is 0 Å². The van der Waals surface area contributed by atoms with Crippen molar-refractivity contribution in [2.24, 2.45) is 4.99 Å². The number of hydrogen-bond acceptors (Lipinski definition) is 8. The Morgan fingerprint density at radius 3 is 2.54 bits per heavy atom. The van der Waals surface area contributed by atoms with Crippen LogP contribution in [0.3, 0.4) is 0 Å². The molecular formula is C30H32N2O6S. The van der Waals surface area contributed by atoms with Crippen LogP contribution in [0.5, 0.6) is 17.2 Å². The number of allylic oxidation sites excluding steroid dienone is 1. The van der Waals surface area contributed by atoms with Gasteiger partial charge in [-0.25, -0.2) is 9.79 Å². The summed E-state index contributed by atoms with van der Waals surface area (Å²) in [6, 6.07) is 12.2. The van der Waals surface area contributed by atoms with Crippen molar-refractivity contribution in [2.75, 3.05) is 26.4 Å². The Kier molecular flexibility index (Phi) is 9.03. The van der Waals surface area contributed by atoms with Crippen LogP contribution in [-0.2, 0) is 9.53 Å². The summed E-state index contributed by atoms with van der Waals surface area (Å²) < 4.78 is 24.6. The number of nitrogens with zero attached hydrogens (tertiary/aromatic N) is 2. The maximum atomic E-state index is 13.9. The van der Waals surface area contributed by atoms with E-state index in [0.717, 1.165) is 5.56 Å². The Labute approximate surface area is 231 Å². The third-order valence-electron chi connectivity index (χ3n) is 5.92. The van der Waals surface area contributed by atoms with Gasteiger partial charge in [-0.15, -0.1) is 0 Å². The van der Waals surface area contributed by atoms with Gasteiger partial charge in [-0.3, -0.25) is 9.36 Å². The predicted octanol–water partition coefficient (Wildman–Crippen LogP) is 4.16. The third-order valence-corrected chi connectivity index (χ3v) is 6.91. The molecule has 1 atom stereocenters. The molecule has 0 fully saturated rings. The van der Waals surface area contributed by atoms with E-state index < -0.39 is 12.0 Å². The standard InChI is InChI=1S/C30H32N2O6S/c1-6-15-38-22-12-10-11-20(16-22)17-25-28(33)32-27(21-13-14-23(35-7-2)24(18-21)36-8-3)26(29(34)37-9-4)19(5)31-30(32)39-25/h6,10-14,16-18,27H,1,7-9,15H2,2-5H3/b25-17-/t27-/m0/s1. The van der Waals surface area contributed by atoms with Crippen LogP contribution in [0.15, 0.2) is 76.2 Å². The van der Waals surface area contributed by atoms with Gasteiger partial charge in [-0.2, -0.15) is 0 Å². The van der Waals surface area contributed by atoms with Crippen LogP contribution in [0.4, 0.5) is 0 Å². The molecule has 0 spiro atoms. The lowest BCUT2D eigenvalue weighted by molar-refractivity contribution is -0.139. The highest BCUT2D eigenvalue weighted by Gasteiger charge is 2.34. The topological polar surface area (TPSA) is 88.3 Å². The minimum absolute atomic E-state index is 0.199. The van der Waals surface area contributed by atoms with E-state index in [1.807, 2.05) is 50.2 Å². The first-order chi connectivity index (χ1) is 18.9. The summed E-state index contributed by atoms with van der Waals surface area (Å²) in [4.78, 5) is 32.2. The summed E-state index contributed by atoms with van der Waals surface area (Å²) in [6.45, 7) is 12.4. The molecule has 3 aromatic rings. The number of carbonyl (C=O) groups excluding carboxylic acids is 1. The first kappa shape index (κ1) is 27.9. The summed E-state index contributed by atoms with van der Waals surface area (Å²) in [5, 5.41) is 0. The van der Waals surface area contributed by atoms with Crippen molar-refractivity contribution in [1.82, 2.24) is 4.57 Å². The molecule has 1 aliphatic rings. The van der Waals surface area contributed by atoms with Crippen molar-refractivity contribution in [3.05, 3.63) is 97.2 Å². The van der Waals surface area contributed by atoms with E-state index in [-0.39, 0.29) is 12.2 Å². The second-order valence-corrected chi connectivity index (χ2v) is 9.56. The van der Waals surface area contributed by atoms with Crippen LogP contribution in [0.25, 0.3) is 6.08 Å². The quantitative estimate of drug-likeness (QED) is 0.264. The van der Waals surface area contributed by atoms with Gasteiger partial charge in [0.1, 0.15) is 12.4 Å². The molecule has 8 nitrogen and oxygen atoms in total. The van der Waals surface area contributed by atoms with Gasteiger partial charge in [0.2, 0.25) is 0 Å². The van der Waals surface area contributed by atoms with E-state index in [0.29, 0.717) is 63.2 Å². The fourth-order valence-corrected chi connectivity index (χ4v) is 5.39. The van der Waals surface area contributed by atoms with E-state index in [1.165, 1.54) is 11.3 Å². The second-order valence-electron chi connectivity index (χ2n) is 8.55. The SMILES string of the molecule is C=CCOc1cccc(/C=c2\sc3n(c2=O)[C@@H](c2ccc(OCC)c(OCC)c2)C(C(=O)OCC)=C(C)N=3)c1. The molecule has 0 unspecified atom stereocenters. The molecule has 4 rings (SSSR count). The molecule has 39 heavy (non-hydrogen) atoms. The predicted molar refractivity (Wildman–Crippen MR) is 151 cm³/mol. The number of benzene rings is 2. The number of rotatable bonds is 11. The van der Waals surface area contributed by atoms with Crippen molar-refractivity contribution < 1.29 is 23.7 Å². The van der Waals surface area contributed by atoms with Gasteiger partial charge in [0.15, 0.2) is 16.3 Å². The summed E-state index contributed by atoms with van der Waals surface area (Å²) in [5.74, 6) is 1.28. The number of esters is 1. The Hall–Kier alpha value is -4.11. The Bertz CT molecular complexity index is 1580. The summed E-state index contributed by atoms with van der Waals surface area (Å²) >= 11 is 1.26. The number of thiazole rings is 1. The Balaban J connectivity index is 1.90. The highest BCUT2D eigenvalue weighted by Crippen LogP contribution is 2.36. The van der Waals surface area contributed by atoms with E-state index in [9.17, 15) is 9.59 Å². The molecule has 0 radical (unpaired) electrons. The summed E-state index contributed by atoms with van der Waals surface area (Å²) in [6.07, 6.45) is 3.47. The van der Waals surface area contributed by atoms with Gasteiger partial charge in [-0.05, 0) is 69.2 Å². The van der Waals surface area contributed by atoms with Crippen LogP contribution in [-0.4, -0.2) is 37.0 Å². The van der Waals surface area contributed by atoms with Crippen molar-refractivity contribution >= 4 is 23.4 Å². The lowest BCUT2D eigenvalue weighted by Crippen LogP contribution is -2.40. The molecule has 0 bridgehead atoms. The molecule has 0 saturated heterocycles. The number of hydrogen-bond donors (Lipinski definition) is 0. The maximum Gasteiger partial charge on any atom is 0.338 e. The van der Waals surface area contributed by atoms with Crippen molar-refractivity contribution in [2.45, 2.75) is 33.7 Å². The van der Waals surface area contributed by atoms with Crippen LogP contribution in [0, 0.1) is 0 Å². The third kappa shape index (κ3) is 5.98. The molecule has 2 heterocycles. The van der Waals surface area contributed by atoms with Crippen LogP contribution in [0.1, 0.15) is 44.9 Å². The molecule has 0 N–H and O–H groups in total. The van der Waals surface area contributed by atoms with Gasteiger partial charge in [0, 0.05) is 0 Å². The second kappa shape index (κ2) is 12.6. The smallest absolute Gasteiger partial charge is 0.338 e. The van der Waals surface area contributed by atoms with E-state index in [4.69, 9.17) is 18.9 Å². The molecule has 0 amide bonds. The molecule has 1 aromatic heterocycles. The first-order valence-corrected chi connectivity index (χ1v) is 13.7. The minimum Gasteiger partial charge on any atom is -0.490 e. The zero-order valence-corrected chi connectivity index (χ0v) is 23.4. The lowest BCUT2D eigenvalue weighted by atomic mass is 9.95. The molecule has 2 aromatic carbocycles. The van der Waals surface area contributed by atoms with Crippen LogP contribution >= 0.6 is 11.3 Å². The van der Waals surface area contributed by atoms with Crippen LogP contribution < -0.4 is 29.1 Å². The van der Waals surface area contributed by atoms with Gasteiger partial charge < -0.3 is 18.9 Å². The average Bonchev–Trinajstić information content (AvgIpc) is 3.22. The van der Waals surface area contributed by atoms with E-state index >= 15 is 0 Å². The summed E-state index contributed by atoms with van der Waals surface area (Å²) in [7, 11) is 0. The fourth-order valence-electron chi connectivity index (χ4n) is 4.35. The van der Waals surface area contributed by atoms with Crippen molar-refractivity contribution in [1.29, 1.82) is 0 Å². The molecule has 0 saturated carbocycles. The zero-order chi connectivity index (χ0) is 27.9. The highest BCUT2D eigenvalue weighted by atomic mass is 32.1. The Morgan fingerprint density at radius 2 is 1.82 bits per heavy atom. The largest absolute Gasteiger partial charge is 0.490 e. The number of aromatic nitrogens is 1. The molecular weight excluding hydrogens is 516 g/mol. The monoisotopic (exact) mass is 548 g/mol. The molecule has 1 aliphatic heterocycles.